The van der Waals surface area contributed by atoms with Crippen molar-refractivity contribution in [3.8, 4) is 16.8 Å². The Morgan fingerprint density at radius 1 is 0.943 bits per heavy atom. The number of aromatic nitrogens is 3. The van der Waals surface area contributed by atoms with Gasteiger partial charge in [0, 0.05) is 11.4 Å². The van der Waals surface area contributed by atoms with Crippen molar-refractivity contribution < 1.29 is 14.7 Å². The number of aryl methyl sites for hydroxylation is 1. The highest BCUT2D eigenvalue weighted by Gasteiger charge is 2.14. The maximum atomic E-state index is 12.7. The first-order valence-electron chi connectivity index (χ1n) is 10.7. The van der Waals surface area contributed by atoms with Crippen molar-refractivity contribution in [3.63, 3.8) is 0 Å². The number of aliphatic carboxylic acids is 1. The van der Waals surface area contributed by atoms with Crippen LogP contribution in [0.15, 0.2) is 71.9 Å². The number of benzene rings is 3. The van der Waals surface area contributed by atoms with Crippen LogP contribution in [0.5, 0.6) is 0 Å². The number of hydrogen-bond acceptors (Lipinski definition) is 5. The molecule has 0 aliphatic heterocycles. The van der Waals surface area contributed by atoms with E-state index in [0.717, 1.165) is 32.8 Å². The first-order chi connectivity index (χ1) is 16.8. The monoisotopic (exact) mass is 525 g/mol. The molecule has 3 aromatic carbocycles. The number of hydrogen-bond donors (Lipinski definition) is 1. The standard InChI is InChI=1S/C26H21Cl2N3O3S/c1-16-2-9-24(23(28)10-16)31-25(14-29-30-31)35-15-21(32)12-20-8-7-19(13-22(20)27)18-5-3-17(4-6-18)11-26(33)34/h2-10,13-14H,11-12,15H2,1H3,(H,33,34). The molecule has 35 heavy (non-hydrogen) atoms. The molecule has 0 aliphatic carbocycles. The summed E-state index contributed by atoms with van der Waals surface area (Å²) < 4.78 is 1.63. The van der Waals surface area contributed by atoms with Crippen LogP contribution in [0.2, 0.25) is 10.0 Å². The van der Waals surface area contributed by atoms with Crippen LogP contribution < -0.4 is 0 Å². The summed E-state index contributed by atoms with van der Waals surface area (Å²) in [5.41, 5.74) is 5.04. The van der Waals surface area contributed by atoms with Gasteiger partial charge in [-0.1, -0.05) is 82.6 Å². The van der Waals surface area contributed by atoms with E-state index in [4.69, 9.17) is 28.3 Å². The minimum Gasteiger partial charge on any atom is -0.481 e. The Balaban J connectivity index is 1.40. The minimum absolute atomic E-state index is 0.0188. The molecular formula is C26H21Cl2N3O3S. The molecule has 0 saturated heterocycles. The van der Waals surface area contributed by atoms with E-state index in [1.54, 1.807) is 23.0 Å². The highest BCUT2D eigenvalue weighted by molar-refractivity contribution is 7.99. The molecule has 0 radical (unpaired) electrons. The lowest BCUT2D eigenvalue weighted by atomic mass is 10.0. The van der Waals surface area contributed by atoms with Gasteiger partial charge in [-0.05, 0) is 52.9 Å². The van der Waals surface area contributed by atoms with E-state index in [2.05, 4.69) is 10.3 Å². The van der Waals surface area contributed by atoms with Crippen molar-refractivity contribution in [3.05, 3.63) is 93.6 Å². The Bertz CT molecular complexity index is 1390. The summed E-state index contributed by atoms with van der Waals surface area (Å²) >= 11 is 14.2. The van der Waals surface area contributed by atoms with Crippen molar-refractivity contribution in [2.24, 2.45) is 0 Å². The van der Waals surface area contributed by atoms with Crippen molar-refractivity contribution >= 4 is 46.7 Å². The van der Waals surface area contributed by atoms with Crippen molar-refractivity contribution in [2.75, 3.05) is 5.75 Å². The lowest BCUT2D eigenvalue weighted by molar-refractivity contribution is -0.136. The summed E-state index contributed by atoms with van der Waals surface area (Å²) in [6.45, 7) is 1.96. The van der Waals surface area contributed by atoms with Crippen LogP contribution >= 0.6 is 35.0 Å². The second-order valence-corrected chi connectivity index (χ2v) is 9.83. The predicted molar refractivity (Wildman–Crippen MR) is 139 cm³/mol. The van der Waals surface area contributed by atoms with Gasteiger partial charge in [0.05, 0.1) is 29.1 Å². The molecule has 0 aliphatic rings. The van der Waals surface area contributed by atoms with E-state index in [1.165, 1.54) is 11.8 Å². The summed E-state index contributed by atoms with van der Waals surface area (Å²) in [6, 6.07) is 18.6. The molecule has 1 aromatic heterocycles. The lowest BCUT2D eigenvalue weighted by Crippen LogP contribution is -2.07. The fourth-order valence-electron chi connectivity index (χ4n) is 3.55. The van der Waals surface area contributed by atoms with Crippen molar-refractivity contribution in [1.29, 1.82) is 0 Å². The van der Waals surface area contributed by atoms with Gasteiger partial charge in [0.2, 0.25) is 0 Å². The Labute approximate surface area is 216 Å². The maximum absolute atomic E-state index is 12.7. The van der Waals surface area contributed by atoms with Gasteiger partial charge in [0.1, 0.15) is 10.8 Å². The molecule has 0 unspecified atom stereocenters. The highest BCUT2D eigenvalue weighted by Crippen LogP contribution is 2.29. The molecule has 4 aromatic rings. The van der Waals surface area contributed by atoms with E-state index in [9.17, 15) is 9.59 Å². The molecule has 178 valence electrons. The summed E-state index contributed by atoms with van der Waals surface area (Å²) in [7, 11) is 0. The summed E-state index contributed by atoms with van der Waals surface area (Å²) in [4.78, 5) is 23.6. The molecule has 0 saturated carbocycles. The van der Waals surface area contributed by atoms with Gasteiger partial charge in [-0.25, -0.2) is 4.68 Å². The molecule has 0 fully saturated rings. The van der Waals surface area contributed by atoms with Crippen LogP contribution in [-0.2, 0) is 22.4 Å². The molecule has 0 spiro atoms. The van der Waals surface area contributed by atoms with Crippen molar-refractivity contribution in [1.82, 2.24) is 15.0 Å². The predicted octanol–water partition coefficient (Wildman–Crippen LogP) is 6.08. The summed E-state index contributed by atoms with van der Waals surface area (Å²) in [6.07, 6.45) is 1.79. The van der Waals surface area contributed by atoms with Crippen LogP contribution in [0.25, 0.3) is 16.8 Å². The average Bonchev–Trinajstić information content (AvgIpc) is 3.27. The molecular weight excluding hydrogens is 505 g/mol. The van der Waals surface area contributed by atoms with Gasteiger partial charge in [0.15, 0.2) is 0 Å². The normalized spacial score (nSPS) is 10.9. The van der Waals surface area contributed by atoms with E-state index in [-0.39, 0.29) is 24.4 Å². The van der Waals surface area contributed by atoms with Crippen LogP contribution in [0.3, 0.4) is 0 Å². The molecule has 1 heterocycles. The van der Waals surface area contributed by atoms with Crippen LogP contribution in [0, 0.1) is 6.92 Å². The van der Waals surface area contributed by atoms with Crippen molar-refractivity contribution in [2.45, 2.75) is 24.8 Å². The molecule has 4 rings (SSSR count). The number of rotatable bonds is 9. The van der Waals surface area contributed by atoms with E-state index >= 15 is 0 Å². The minimum atomic E-state index is -0.868. The topological polar surface area (TPSA) is 85.1 Å². The molecule has 0 amide bonds. The lowest BCUT2D eigenvalue weighted by Gasteiger charge is -2.09. The van der Waals surface area contributed by atoms with Gasteiger partial charge in [-0.15, -0.1) is 5.10 Å². The van der Waals surface area contributed by atoms with Gasteiger partial charge < -0.3 is 5.11 Å². The number of carbonyl (C=O) groups is 2. The Morgan fingerprint density at radius 2 is 1.69 bits per heavy atom. The zero-order valence-corrected chi connectivity index (χ0v) is 21.1. The largest absolute Gasteiger partial charge is 0.481 e. The SMILES string of the molecule is Cc1ccc(-n2nncc2SCC(=O)Cc2ccc(-c3ccc(CC(=O)O)cc3)cc2Cl)c(Cl)c1. The quantitative estimate of drug-likeness (QED) is 0.266. The van der Waals surface area contributed by atoms with E-state index < -0.39 is 5.97 Å². The Morgan fingerprint density at radius 3 is 2.37 bits per heavy atom. The molecule has 0 bridgehead atoms. The second kappa shape index (κ2) is 11.1. The third-order valence-corrected chi connectivity index (χ3v) is 7.01. The maximum Gasteiger partial charge on any atom is 0.307 e. The number of ketones is 1. The third kappa shape index (κ3) is 6.31. The number of carboxylic acids is 1. The number of Topliss-reactive ketones (excluding diaryl/α,β-unsaturated/α-hetero) is 1. The smallest absolute Gasteiger partial charge is 0.307 e. The molecule has 1 N–H and O–H groups in total. The third-order valence-electron chi connectivity index (χ3n) is 5.31. The number of halogens is 2. The fourth-order valence-corrected chi connectivity index (χ4v) is 4.90. The molecule has 0 atom stereocenters. The number of nitrogens with zero attached hydrogens (tertiary/aromatic N) is 3. The molecule has 6 nitrogen and oxygen atoms in total. The van der Waals surface area contributed by atoms with Gasteiger partial charge in [-0.3, -0.25) is 9.59 Å². The first kappa shape index (κ1) is 25.0. The summed E-state index contributed by atoms with van der Waals surface area (Å²) in [5, 5.41) is 18.8. The van der Waals surface area contributed by atoms with E-state index in [0.29, 0.717) is 15.7 Å². The number of thioether (sulfide) groups is 1. The van der Waals surface area contributed by atoms with E-state index in [1.807, 2.05) is 55.5 Å². The fraction of sp³-hybridized carbons (Fsp3) is 0.154. The van der Waals surface area contributed by atoms with Gasteiger partial charge >= 0.3 is 5.97 Å². The number of carboxylic acid groups (broad SMARTS) is 1. The second-order valence-electron chi connectivity index (χ2n) is 8.02. The Kier molecular flexibility index (Phi) is 7.90. The van der Waals surface area contributed by atoms with Crippen LogP contribution in [-0.4, -0.2) is 37.6 Å². The highest BCUT2D eigenvalue weighted by atomic mass is 35.5. The zero-order chi connectivity index (χ0) is 24.9. The Hall–Kier alpha value is -3.13. The number of carbonyl (C=O) groups excluding carboxylic acids is 1. The van der Waals surface area contributed by atoms with Gasteiger partial charge in [0.25, 0.3) is 0 Å². The van der Waals surface area contributed by atoms with Gasteiger partial charge in [-0.2, -0.15) is 0 Å². The zero-order valence-electron chi connectivity index (χ0n) is 18.7. The van der Waals surface area contributed by atoms with Crippen LogP contribution in [0.1, 0.15) is 16.7 Å². The molecule has 9 heteroatoms. The average molecular weight is 526 g/mol. The summed E-state index contributed by atoms with van der Waals surface area (Å²) in [5.74, 6) is -0.613. The first-order valence-corrected chi connectivity index (χ1v) is 12.5. The van der Waals surface area contributed by atoms with Crippen LogP contribution in [0.4, 0.5) is 0 Å².